The highest BCUT2D eigenvalue weighted by atomic mass is 32.2. The lowest BCUT2D eigenvalue weighted by molar-refractivity contribution is 0.0696. The van der Waals surface area contributed by atoms with Crippen molar-refractivity contribution in [3.05, 3.63) is 28.2 Å². The van der Waals surface area contributed by atoms with Crippen molar-refractivity contribution >= 4 is 15.8 Å². The Morgan fingerprint density at radius 3 is 2.64 bits per heavy atom. The lowest BCUT2D eigenvalue weighted by atomic mass is 10.2. The van der Waals surface area contributed by atoms with Crippen LogP contribution in [-0.4, -0.2) is 45.1 Å². The van der Waals surface area contributed by atoms with Gasteiger partial charge >= 0.3 is 5.97 Å². The number of fused-ring (bicyclic) bond motifs is 1. The van der Waals surface area contributed by atoms with E-state index in [-0.39, 0.29) is 11.4 Å². The van der Waals surface area contributed by atoms with Crippen LogP contribution in [0.4, 0.5) is 0 Å². The van der Waals surface area contributed by atoms with Crippen LogP contribution in [0.25, 0.3) is 11.4 Å². The smallest absolute Gasteiger partial charge is 0.343 e. The molecule has 1 aliphatic heterocycles. The molecule has 2 aromatic rings. The maximum Gasteiger partial charge on any atom is 0.343 e. The van der Waals surface area contributed by atoms with Gasteiger partial charge in [-0.3, -0.25) is 9.48 Å². The van der Waals surface area contributed by atoms with Crippen LogP contribution in [0.5, 0.6) is 0 Å². The molecule has 0 radical (unpaired) electrons. The van der Waals surface area contributed by atoms with Crippen LogP contribution in [0, 0.1) is 0 Å². The molecular formula is C12H12N4O5S. The van der Waals surface area contributed by atoms with E-state index in [4.69, 9.17) is 0 Å². The third-order valence-electron chi connectivity index (χ3n) is 3.40. The molecule has 0 fully saturated rings. The monoisotopic (exact) mass is 324 g/mol. The van der Waals surface area contributed by atoms with Gasteiger partial charge in [0.05, 0.1) is 5.69 Å². The second-order valence-corrected chi connectivity index (χ2v) is 6.84. The topological polar surface area (TPSA) is 124 Å². The van der Waals surface area contributed by atoms with Crippen molar-refractivity contribution in [1.82, 2.24) is 19.3 Å². The van der Waals surface area contributed by atoms with Crippen molar-refractivity contribution in [1.29, 1.82) is 0 Å². The van der Waals surface area contributed by atoms with Crippen LogP contribution < -0.4 is 5.56 Å². The summed E-state index contributed by atoms with van der Waals surface area (Å²) in [7, 11) is -3.64. The summed E-state index contributed by atoms with van der Waals surface area (Å²) in [4.78, 5) is 31.2. The SMILES string of the molecule is CS(=O)(=O)c1nccc(-c2c(C(=O)O)c(=O)n3n2CCC3)n1. The highest BCUT2D eigenvalue weighted by Gasteiger charge is 2.29. The van der Waals surface area contributed by atoms with Gasteiger partial charge in [-0.1, -0.05) is 0 Å². The van der Waals surface area contributed by atoms with E-state index >= 15 is 0 Å². The van der Waals surface area contributed by atoms with Crippen molar-refractivity contribution in [2.75, 3.05) is 6.26 Å². The molecule has 0 saturated carbocycles. The molecule has 2 aromatic heterocycles. The first kappa shape index (κ1) is 14.4. The Balaban J connectivity index is 2.32. The zero-order valence-electron chi connectivity index (χ0n) is 11.6. The van der Waals surface area contributed by atoms with Crippen molar-refractivity contribution in [3.63, 3.8) is 0 Å². The van der Waals surface area contributed by atoms with Crippen molar-refractivity contribution in [2.24, 2.45) is 0 Å². The average molecular weight is 324 g/mol. The second kappa shape index (κ2) is 4.77. The van der Waals surface area contributed by atoms with Crippen LogP contribution in [0.1, 0.15) is 16.8 Å². The minimum Gasteiger partial charge on any atom is -0.477 e. The minimum absolute atomic E-state index is 0.102. The Bertz CT molecular complexity index is 941. The number of sulfone groups is 1. The maximum absolute atomic E-state index is 12.2. The quantitative estimate of drug-likeness (QED) is 0.762. The van der Waals surface area contributed by atoms with E-state index in [1.54, 1.807) is 0 Å². The third kappa shape index (κ3) is 2.11. The van der Waals surface area contributed by atoms with Crippen LogP contribution in [0.3, 0.4) is 0 Å². The number of carbonyl (C=O) groups is 1. The van der Waals surface area contributed by atoms with Gasteiger partial charge in [0.15, 0.2) is 5.56 Å². The van der Waals surface area contributed by atoms with E-state index in [0.29, 0.717) is 19.5 Å². The molecule has 0 aromatic carbocycles. The molecule has 0 saturated heterocycles. The van der Waals surface area contributed by atoms with Gasteiger partial charge in [-0.15, -0.1) is 0 Å². The van der Waals surface area contributed by atoms with Gasteiger partial charge in [-0.2, -0.15) is 0 Å². The molecule has 3 rings (SSSR count). The molecule has 0 unspecified atom stereocenters. The van der Waals surface area contributed by atoms with E-state index in [1.807, 2.05) is 0 Å². The van der Waals surface area contributed by atoms with Gasteiger partial charge in [-0.25, -0.2) is 27.9 Å². The molecule has 0 bridgehead atoms. The highest BCUT2D eigenvalue weighted by molar-refractivity contribution is 7.90. The van der Waals surface area contributed by atoms with Crippen molar-refractivity contribution < 1.29 is 18.3 Å². The van der Waals surface area contributed by atoms with Gasteiger partial charge in [0.2, 0.25) is 15.0 Å². The molecule has 1 aliphatic rings. The molecule has 22 heavy (non-hydrogen) atoms. The summed E-state index contributed by atoms with van der Waals surface area (Å²) in [5, 5.41) is 8.90. The third-order valence-corrected chi connectivity index (χ3v) is 4.26. The normalized spacial score (nSPS) is 14.0. The summed E-state index contributed by atoms with van der Waals surface area (Å²) in [6.45, 7) is 0.888. The predicted octanol–water partition coefficient (Wildman–Crippen LogP) is -0.388. The molecule has 9 nitrogen and oxygen atoms in total. The lowest BCUT2D eigenvalue weighted by Crippen LogP contribution is -2.20. The number of rotatable bonds is 3. The zero-order chi connectivity index (χ0) is 16.1. The molecule has 0 amide bonds. The number of hydrogen-bond acceptors (Lipinski definition) is 6. The van der Waals surface area contributed by atoms with E-state index in [1.165, 1.54) is 21.6 Å². The molecule has 3 heterocycles. The highest BCUT2D eigenvalue weighted by Crippen LogP contribution is 2.24. The largest absolute Gasteiger partial charge is 0.477 e. The summed E-state index contributed by atoms with van der Waals surface area (Å²) in [5.74, 6) is -1.37. The first-order valence-corrected chi connectivity index (χ1v) is 8.30. The minimum atomic E-state index is -3.64. The van der Waals surface area contributed by atoms with E-state index in [9.17, 15) is 23.1 Å². The molecule has 0 spiro atoms. The standard InChI is InChI=1S/C12H12N4O5S/c1-22(20,21)12-13-4-3-7(14-12)9-8(11(18)19)10(17)16-6-2-5-15(9)16/h3-4H,2,5-6H2,1H3,(H,18,19). The summed E-state index contributed by atoms with van der Waals surface area (Å²) in [6.07, 6.45) is 2.89. The van der Waals surface area contributed by atoms with Gasteiger partial charge in [0, 0.05) is 25.5 Å². The van der Waals surface area contributed by atoms with Gasteiger partial charge in [0.25, 0.3) is 5.56 Å². The Morgan fingerprint density at radius 1 is 1.32 bits per heavy atom. The van der Waals surface area contributed by atoms with Crippen molar-refractivity contribution in [3.8, 4) is 11.4 Å². The van der Waals surface area contributed by atoms with E-state index in [0.717, 1.165) is 6.26 Å². The summed E-state index contributed by atoms with van der Waals surface area (Å²) < 4.78 is 26.0. The molecule has 10 heteroatoms. The second-order valence-electron chi connectivity index (χ2n) is 4.93. The van der Waals surface area contributed by atoms with Crippen LogP contribution >= 0.6 is 0 Å². The van der Waals surface area contributed by atoms with E-state index in [2.05, 4.69) is 9.97 Å². The average Bonchev–Trinajstić information content (AvgIpc) is 3.00. The van der Waals surface area contributed by atoms with Gasteiger partial charge in [0.1, 0.15) is 5.69 Å². The first-order valence-electron chi connectivity index (χ1n) is 6.41. The number of carboxylic acid groups (broad SMARTS) is 1. The Labute approximate surface area is 124 Å². The fourth-order valence-corrected chi connectivity index (χ4v) is 3.04. The van der Waals surface area contributed by atoms with Crippen LogP contribution in [0.15, 0.2) is 22.2 Å². The summed E-state index contributed by atoms with van der Waals surface area (Å²) in [5.41, 5.74) is -0.801. The van der Waals surface area contributed by atoms with Gasteiger partial charge in [-0.05, 0) is 12.5 Å². The van der Waals surface area contributed by atoms with Crippen LogP contribution in [-0.2, 0) is 22.9 Å². The number of nitrogens with zero attached hydrogens (tertiary/aromatic N) is 4. The molecular weight excluding hydrogens is 312 g/mol. The number of aromatic carboxylic acids is 1. The maximum atomic E-state index is 12.2. The van der Waals surface area contributed by atoms with E-state index < -0.39 is 32.1 Å². The van der Waals surface area contributed by atoms with Gasteiger partial charge < -0.3 is 5.11 Å². The Morgan fingerprint density at radius 2 is 2.00 bits per heavy atom. The number of hydrogen-bond donors (Lipinski definition) is 1. The molecule has 1 N–H and O–H groups in total. The fraction of sp³-hybridized carbons (Fsp3) is 0.333. The number of aromatic nitrogens is 4. The molecule has 116 valence electrons. The molecule has 0 atom stereocenters. The summed E-state index contributed by atoms with van der Waals surface area (Å²) >= 11 is 0. The fourth-order valence-electron chi connectivity index (χ4n) is 2.52. The molecule has 0 aliphatic carbocycles. The first-order chi connectivity index (χ1) is 10.3. The zero-order valence-corrected chi connectivity index (χ0v) is 12.4. The summed E-state index contributed by atoms with van der Waals surface area (Å²) in [6, 6.07) is 1.39. The Hall–Kier alpha value is -2.49. The Kier molecular flexibility index (Phi) is 3.13. The van der Waals surface area contributed by atoms with Crippen molar-refractivity contribution in [2.45, 2.75) is 24.7 Å². The predicted molar refractivity (Wildman–Crippen MR) is 74.4 cm³/mol. The lowest BCUT2D eigenvalue weighted by Gasteiger charge is -2.07. The number of carboxylic acids is 1. The van der Waals surface area contributed by atoms with Crippen LogP contribution in [0.2, 0.25) is 0 Å².